The van der Waals surface area contributed by atoms with E-state index < -0.39 is 0 Å². The zero-order valence-electron chi connectivity index (χ0n) is 8.09. The van der Waals surface area contributed by atoms with Crippen LogP contribution in [0.1, 0.15) is 18.1 Å². The van der Waals surface area contributed by atoms with Crippen molar-refractivity contribution in [2.45, 2.75) is 19.9 Å². The van der Waals surface area contributed by atoms with Crippen LogP contribution < -0.4 is 0 Å². The van der Waals surface area contributed by atoms with Crippen molar-refractivity contribution in [3.63, 3.8) is 0 Å². The molecular formula is C11H12ClNO. The highest BCUT2D eigenvalue weighted by molar-refractivity contribution is 6.31. The molecule has 0 saturated carbocycles. The third-order valence-electron chi connectivity index (χ3n) is 2.65. The molecule has 1 amide bonds. The lowest BCUT2D eigenvalue weighted by atomic mass is 10.00. The minimum Gasteiger partial charge on any atom is -0.338 e. The molecule has 2 rings (SSSR count). The number of fused-ring (bicyclic) bond motifs is 1. The monoisotopic (exact) mass is 209 g/mol. The fourth-order valence-electron chi connectivity index (χ4n) is 1.83. The molecule has 0 unspecified atom stereocenters. The van der Waals surface area contributed by atoms with Crippen LogP contribution in [0.25, 0.3) is 0 Å². The lowest BCUT2D eigenvalue weighted by Crippen LogP contribution is -2.34. The van der Waals surface area contributed by atoms with Crippen LogP contribution in [0, 0.1) is 0 Å². The molecule has 3 heteroatoms. The molecule has 0 radical (unpaired) electrons. The lowest BCUT2D eigenvalue weighted by Gasteiger charge is -2.28. The van der Waals surface area contributed by atoms with E-state index in [2.05, 4.69) is 0 Å². The first-order chi connectivity index (χ1) is 6.68. The summed E-state index contributed by atoms with van der Waals surface area (Å²) in [4.78, 5) is 13.0. The van der Waals surface area contributed by atoms with Crippen LogP contribution in [0.4, 0.5) is 0 Å². The van der Waals surface area contributed by atoms with Crippen molar-refractivity contribution < 1.29 is 4.79 Å². The van der Waals surface area contributed by atoms with E-state index in [1.807, 2.05) is 23.1 Å². The van der Waals surface area contributed by atoms with Crippen LogP contribution in [0.5, 0.6) is 0 Å². The highest BCUT2D eigenvalue weighted by atomic mass is 35.5. The average Bonchev–Trinajstić information content (AvgIpc) is 2.17. The van der Waals surface area contributed by atoms with Gasteiger partial charge in [-0.05, 0) is 23.6 Å². The van der Waals surface area contributed by atoms with Gasteiger partial charge in [-0.2, -0.15) is 0 Å². The number of benzene rings is 1. The highest BCUT2D eigenvalue weighted by Gasteiger charge is 2.19. The van der Waals surface area contributed by atoms with E-state index in [1.54, 1.807) is 6.92 Å². The Morgan fingerprint density at radius 2 is 2.29 bits per heavy atom. The largest absolute Gasteiger partial charge is 0.338 e. The van der Waals surface area contributed by atoms with E-state index >= 15 is 0 Å². The number of carbonyl (C=O) groups is 1. The molecule has 0 fully saturated rings. The van der Waals surface area contributed by atoms with Gasteiger partial charge in [0.1, 0.15) is 0 Å². The van der Waals surface area contributed by atoms with Crippen LogP contribution in [0.15, 0.2) is 18.2 Å². The topological polar surface area (TPSA) is 20.3 Å². The maximum absolute atomic E-state index is 11.2. The third-order valence-corrected chi connectivity index (χ3v) is 3.01. The second kappa shape index (κ2) is 3.62. The molecule has 74 valence electrons. The molecule has 0 saturated heterocycles. The molecule has 0 aromatic heterocycles. The van der Waals surface area contributed by atoms with Crippen LogP contribution in [0.2, 0.25) is 5.02 Å². The van der Waals surface area contributed by atoms with Gasteiger partial charge in [-0.15, -0.1) is 0 Å². The number of amides is 1. The number of hydrogen-bond acceptors (Lipinski definition) is 1. The van der Waals surface area contributed by atoms with Crippen molar-refractivity contribution in [3.8, 4) is 0 Å². The van der Waals surface area contributed by atoms with E-state index in [1.165, 1.54) is 11.1 Å². The number of carbonyl (C=O) groups excluding carboxylic acids is 1. The minimum atomic E-state index is 0.135. The molecule has 1 aliphatic heterocycles. The fraction of sp³-hybridized carbons (Fsp3) is 0.364. The smallest absolute Gasteiger partial charge is 0.219 e. The van der Waals surface area contributed by atoms with E-state index in [0.29, 0.717) is 6.54 Å². The molecule has 0 atom stereocenters. The quantitative estimate of drug-likeness (QED) is 0.642. The Bertz CT molecular complexity index is 376. The zero-order valence-corrected chi connectivity index (χ0v) is 8.84. The number of nitrogens with zero attached hydrogens (tertiary/aromatic N) is 1. The third kappa shape index (κ3) is 1.62. The summed E-state index contributed by atoms with van der Waals surface area (Å²) in [6.45, 7) is 3.09. The van der Waals surface area contributed by atoms with E-state index in [9.17, 15) is 4.79 Å². The molecule has 2 nitrogen and oxygen atoms in total. The number of halogens is 1. The Morgan fingerprint density at radius 1 is 1.50 bits per heavy atom. The standard InChI is InChI=1S/C11H12ClNO/c1-8(14)13-6-5-10-9(7-13)3-2-4-11(10)12/h2-4H,5-7H2,1H3. The van der Waals surface area contributed by atoms with Gasteiger partial charge < -0.3 is 4.90 Å². The first-order valence-corrected chi connectivity index (χ1v) is 5.08. The number of rotatable bonds is 0. The minimum absolute atomic E-state index is 0.135. The van der Waals surface area contributed by atoms with Crippen LogP contribution >= 0.6 is 11.6 Å². The van der Waals surface area contributed by atoms with Crippen LogP contribution in [-0.2, 0) is 17.8 Å². The van der Waals surface area contributed by atoms with E-state index in [-0.39, 0.29) is 5.91 Å². The van der Waals surface area contributed by atoms with Gasteiger partial charge in [0.2, 0.25) is 5.91 Å². The molecular weight excluding hydrogens is 198 g/mol. The second-order valence-electron chi connectivity index (χ2n) is 3.57. The van der Waals surface area contributed by atoms with Crippen molar-refractivity contribution in [1.29, 1.82) is 0 Å². The van der Waals surface area contributed by atoms with Gasteiger partial charge in [-0.1, -0.05) is 23.7 Å². The Hall–Kier alpha value is -1.02. The summed E-state index contributed by atoms with van der Waals surface area (Å²) < 4.78 is 0. The van der Waals surface area contributed by atoms with Crippen molar-refractivity contribution >= 4 is 17.5 Å². The summed E-state index contributed by atoms with van der Waals surface area (Å²) in [7, 11) is 0. The first kappa shape index (κ1) is 9.53. The summed E-state index contributed by atoms with van der Waals surface area (Å²) in [5, 5.41) is 0.825. The summed E-state index contributed by atoms with van der Waals surface area (Å²) in [6.07, 6.45) is 0.870. The predicted molar refractivity (Wildman–Crippen MR) is 56.2 cm³/mol. The molecule has 0 aliphatic carbocycles. The van der Waals surface area contributed by atoms with Crippen LogP contribution in [0.3, 0.4) is 0 Å². The summed E-state index contributed by atoms with van der Waals surface area (Å²) in [5.74, 6) is 0.135. The van der Waals surface area contributed by atoms with Gasteiger partial charge in [-0.3, -0.25) is 4.79 Å². The normalized spacial score (nSPS) is 15.1. The van der Waals surface area contributed by atoms with Crippen molar-refractivity contribution in [1.82, 2.24) is 4.90 Å². The van der Waals surface area contributed by atoms with Crippen molar-refractivity contribution in [3.05, 3.63) is 34.3 Å². The maximum Gasteiger partial charge on any atom is 0.219 e. The molecule has 1 aromatic rings. The first-order valence-electron chi connectivity index (χ1n) is 4.70. The molecule has 1 aliphatic rings. The van der Waals surface area contributed by atoms with Gasteiger partial charge in [0.05, 0.1) is 0 Å². The Balaban J connectivity index is 2.31. The van der Waals surface area contributed by atoms with Gasteiger partial charge >= 0.3 is 0 Å². The molecule has 1 aromatic carbocycles. The van der Waals surface area contributed by atoms with Crippen molar-refractivity contribution in [2.24, 2.45) is 0 Å². The van der Waals surface area contributed by atoms with E-state index in [0.717, 1.165) is 18.0 Å². The molecule has 1 heterocycles. The van der Waals surface area contributed by atoms with Crippen molar-refractivity contribution in [2.75, 3.05) is 6.54 Å². The summed E-state index contributed by atoms with van der Waals surface area (Å²) in [5.41, 5.74) is 2.38. The second-order valence-corrected chi connectivity index (χ2v) is 3.98. The lowest BCUT2D eigenvalue weighted by molar-refractivity contribution is -0.129. The summed E-state index contributed by atoms with van der Waals surface area (Å²) >= 11 is 6.07. The highest BCUT2D eigenvalue weighted by Crippen LogP contribution is 2.25. The maximum atomic E-state index is 11.2. The summed E-state index contributed by atoms with van der Waals surface area (Å²) in [6, 6.07) is 5.88. The van der Waals surface area contributed by atoms with Gasteiger partial charge in [-0.25, -0.2) is 0 Å². The Labute approximate surface area is 88.5 Å². The van der Waals surface area contributed by atoms with Gasteiger partial charge in [0.15, 0.2) is 0 Å². The molecule has 0 bridgehead atoms. The molecule has 0 N–H and O–H groups in total. The Kier molecular flexibility index (Phi) is 2.46. The van der Waals surface area contributed by atoms with Crippen LogP contribution in [-0.4, -0.2) is 17.4 Å². The fourth-order valence-corrected chi connectivity index (χ4v) is 2.12. The Morgan fingerprint density at radius 3 is 3.00 bits per heavy atom. The SMILES string of the molecule is CC(=O)N1CCc2c(Cl)cccc2C1. The average molecular weight is 210 g/mol. The molecule has 0 spiro atoms. The van der Waals surface area contributed by atoms with Gasteiger partial charge in [0, 0.05) is 25.0 Å². The van der Waals surface area contributed by atoms with E-state index in [4.69, 9.17) is 11.6 Å². The van der Waals surface area contributed by atoms with Gasteiger partial charge in [0.25, 0.3) is 0 Å². The molecule has 14 heavy (non-hydrogen) atoms. The number of hydrogen-bond donors (Lipinski definition) is 0. The predicted octanol–water partition coefficient (Wildman–Crippen LogP) is 2.24. The zero-order chi connectivity index (χ0) is 10.1.